The summed E-state index contributed by atoms with van der Waals surface area (Å²) in [6.07, 6.45) is 1.94. The average Bonchev–Trinajstić information content (AvgIpc) is 3.35. The van der Waals surface area contributed by atoms with Gasteiger partial charge in [0.15, 0.2) is 15.5 Å². The third-order valence-corrected chi connectivity index (χ3v) is 7.59. The third-order valence-electron chi connectivity index (χ3n) is 5.88. The number of nitrogens with zero attached hydrogens (tertiary/aromatic N) is 4. The van der Waals surface area contributed by atoms with Crippen LogP contribution in [0.2, 0.25) is 0 Å². The van der Waals surface area contributed by atoms with Gasteiger partial charge in [-0.25, -0.2) is 13.1 Å². The Kier molecular flexibility index (Phi) is 5.82. The number of carbonyl (C=O) groups excluding carboxylic acids is 1. The second kappa shape index (κ2) is 8.43. The molecular weight excluding hydrogens is 438 g/mol. The minimum atomic E-state index is -3.33. The number of rotatable bonds is 5. The first-order valence-electron chi connectivity index (χ1n) is 10.3. The number of carbonyl (C=O) groups is 1. The quantitative estimate of drug-likeness (QED) is 0.499. The van der Waals surface area contributed by atoms with Gasteiger partial charge in [-0.1, -0.05) is 12.1 Å². The first-order valence-corrected chi connectivity index (χ1v) is 12.1. The Hall–Kier alpha value is -3.12. The van der Waals surface area contributed by atoms with Crippen molar-refractivity contribution in [3.8, 4) is 5.69 Å². The molecule has 11 nitrogen and oxygen atoms in total. The van der Waals surface area contributed by atoms with Crippen LogP contribution in [-0.2, 0) is 9.84 Å². The van der Waals surface area contributed by atoms with E-state index in [9.17, 15) is 28.1 Å². The highest BCUT2D eigenvalue weighted by atomic mass is 32.2. The second-order valence-electron chi connectivity index (χ2n) is 8.12. The fraction of sp³-hybridized carbons (Fsp3) is 0.450. The molecular formula is C20H23N5O6S. The molecule has 32 heavy (non-hydrogen) atoms. The average molecular weight is 462 g/mol. The lowest BCUT2D eigenvalue weighted by atomic mass is 10.1. The van der Waals surface area contributed by atoms with Crippen LogP contribution >= 0.6 is 0 Å². The minimum absolute atomic E-state index is 0.0419. The molecule has 170 valence electrons. The summed E-state index contributed by atoms with van der Waals surface area (Å²) in [6.45, 7) is 3.08. The SMILES string of the molecule is Cc1cc(=O)c(C(=O)NC2CS(=O)(=O)CC2N2CCCC2)nn1-c1ccccc1[N+](=O)[O-]. The summed E-state index contributed by atoms with van der Waals surface area (Å²) in [5.41, 5.74) is -0.887. The summed E-state index contributed by atoms with van der Waals surface area (Å²) in [5, 5.41) is 18.2. The number of likely N-dealkylation sites (tertiary alicyclic amines) is 1. The lowest BCUT2D eigenvalue weighted by molar-refractivity contribution is -0.384. The normalized spacial score (nSPS) is 22.7. The summed E-state index contributed by atoms with van der Waals surface area (Å²) in [6, 6.07) is 6.04. The van der Waals surface area contributed by atoms with Gasteiger partial charge in [0.2, 0.25) is 5.43 Å². The Bertz CT molecular complexity index is 1240. The van der Waals surface area contributed by atoms with Gasteiger partial charge < -0.3 is 5.32 Å². The van der Waals surface area contributed by atoms with E-state index in [2.05, 4.69) is 15.3 Å². The number of sulfone groups is 1. The van der Waals surface area contributed by atoms with E-state index in [-0.39, 0.29) is 28.9 Å². The number of nitro groups is 1. The predicted molar refractivity (Wildman–Crippen MR) is 116 cm³/mol. The molecule has 1 N–H and O–H groups in total. The molecule has 2 aliphatic heterocycles. The Morgan fingerprint density at radius 2 is 1.91 bits per heavy atom. The summed E-state index contributed by atoms with van der Waals surface area (Å²) in [5.74, 6) is -1.04. The number of para-hydroxylation sites is 2. The van der Waals surface area contributed by atoms with Gasteiger partial charge in [-0.15, -0.1) is 0 Å². The Morgan fingerprint density at radius 1 is 1.22 bits per heavy atom. The zero-order valence-electron chi connectivity index (χ0n) is 17.4. The molecule has 2 unspecified atom stereocenters. The summed E-state index contributed by atoms with van der Waals surface area (Å²) >= 11 is 0. The van der Waals surface area contributed by atoms with Gasteiger partial charge in [0, 0.05) is 23.9 Å². The maximum Gasteiger partial charge on any atom is 0.294 e. The number of aromatic nitrogens is 2. The maximum absolute atomic E-state index is 13.0. The smallest absolute Gasteiger partial charge is 0.294 e. The van der Waals surface area contributed by atoms with Crippen molar-refractivity contribution >= 4 is 21.4 Å². The molecule has 3 heterocycles. The van der Waals surface area contributed by atoms with Crippen LogP contribution in [0.25, 0.3) is 5.69 Å². The maximum atomic E-state index is 13.0. The molecule has 2 atom stereocenters. The van der Waals surface area contributed by atoms with Crippen LogP contribution in [0.3, 0.4) is 0 Å². The van der Waals surface area contributed by atoms with Crippen molar-refractivity contribution < 1.29 is 18.1 Å². The Balaban J connectivity index is 1.67. The van der Waals surface area contributed by atoms with Crippen molar-refractivity contribution in [2.24, 2.45) is 0 Å². The Labute approximate surface area is 184 Å². The molecule has 2 saturated heterocycles. The number of benzene rings is 1. The highest BCUT2D eigenvalue weighted by Crippen LogP contribution is 2.24. The molecule has 1 aromatic heterocycles. The predicted octanol–water partition coefficient (Wildman–Crippen LogP) is 0.440. The third kappa shape index (κ3) is 4.28. The minimum Gasteiger partial charge on any atom is -0.345 e. The zero-order valence-corrected chi connectivity index (χ0v) is 18.2. The number of nitrogens with one attached hydrogen (secondary N) is 1. The van der Waals surface area contributed by atoms with Crippen LogP contribution < -0.4 is 10.7 Å². The van der Waals surface area contributed by atoms with Gasteiger partial charge in [0.1, 0.15) is 5.69 Å². The topological polar surface area (TPSA) is 145 Å². The summed E-state index contributed by atoms with van der Waals surface area (Å²) < 4.78 is 25.7. The molecule has 0 bridgehead atoms. The van der Waals surface area contributed by atoms with Crippen molar-refractivity contribution in [2.45, 2.75) is 31.8 Å². The molecule has 1 amide bonds. The number of hydrogen-bond donors (Lipinski definition) is 1. The molecule has 0 radical (unpaired) electrons. The molecule has 0 aliphatic carbocycles. The monoisotopic (exact) mass is 461 g/mol. The van der Waals surface area contributed by atoms with Crippen LogP contribution in [0.4, 0.5) is 5.69 Å². The number of nitro benzene ring substituents is 1. The van der Waals surface area contributed by atoms with Crippen LogP contribution in [0, 0.1) is 17.0 Å². The Morgan fingerprint density at radius 3 is 2.59 bits per heavy atom. The van der Waals surface area contributed by atoms with Crippen LogP contribution in [0.15, 0.2) is 35.1 Å². The highest BCUT2D eigenvalue weighted by Gasteiger charge is 2.42. The molecule has 0 spiro atoms. The van der Waals surface area contributed by atoms with E-state index in [1.807, 2.05) is 0 Å². The highest BCUT2D eigenvalue weighted by molar-refractivity contribution is 7.91. The van der Waals surface area contributed by atoms with Crippen molar-refractivity contribution in [2.75, 3.05) is 24.6 Å². The molecule has 2 aromatic rings. The van der Waals surface area contributed by atoms with Crippen molar-refractivity contribution in [3.63, 3.8) is 0 Å². The van der Waals surface area contributed by atoms with Gasteiger partial charge in [0.05, 0.1) is 22.5 Å². The molecule has 1 aromatic carbocycles. The number of aryl methyl sites for hydroxylation is 1. The van der Waals surface area contributed by atoms with Crippen molar-refractivity contribution in [1.82, 2.24) is 20.0 Å². The largest absolute Gasteiger partial charge is 0.345 e. The standard InChI is InChI=1S/C20H23N5O6S/c1-13-10-18(26)19(22-24(13)15-6-2-3-7-16(15)25(28)29)20(27)21-14-11-32(30,31)12-17(14)23-8-4-5-9-23/h2-3,6-7,10,14,17H,4-5,8-9,11-12H2,1H3,(H,21,27). The number of hydrogen-bond acceptors (Lipinski definition) is 8. The second-order valence-corrected chi connectivity index (χ2v) is 10.3. The van der Waals surface area contributed by atoms with Crippen molar-refractivity contribution in [1.29, 1.82) is 0 Å². The fourth-order valence-corrected chi connectivity index (χ4v) is 6.34. The van der Waals surface area contributed by atoms with Gasteiger partial charge >= 0.3 is 0 Å². The van der Waals surface area contributed by atoms with Gasteiger partial charge in [-0.05, 0) is 38.9 Å². The van der Waals surface area contributed by atoms with Gasteiger partial charge in [-0.2, -0.15) is 5.10 Å². The van der Waals surface area contributed by atoms with E-state index >= 15 is 0 Å². The fourth-order valence-electron chi connectivity index (χ4n) is 4.38. The van der Waals surface area contributed by atoms with E-state index in [1.165, 1.54) is 28.9 Å². The van der Waals surface area contributed by atoms with E-state index < -0.39 is 37.8 Å². The first kappa shape index (κ1) is 22.1. The summed E-state index contributed by atoms with van der Waals surface area (Å²) in [4.78, 5) is 38.4. The summed E-state index contributed by atoms with van der Waals surface area (Å²) in [7, 11) is -3.33. The van der Waals surface area contributed by atoms with Crippen LogP contribution in [0.5, 0.6) is 0 Å². The van der Waals surface area contributed by atoms with Crippen LogP contribution in [0.1, 0.15) is 29.0 Å². The molecule has 0 saturated carbocycles. The molecule has 2 aliphatic rings. The molecule has 2 fully saturated rings. The first-order chi connectivity index (χ1) is 15.2. The van der Waals surface area contributed by atoms with Crippen LogP contribution in [-0.4, -0.2) is 70.6 Å². The number of amides is 1. The van der Waals surface area contributed by atoms with E-state index in [0.29, 0.717) is 5.69 Å². The molecule has 4 rings (SSSR count). The zero-order chi connectivity index (χ0) is 23.0. The van der Waals surface area contributed by atoms with Gasteiger partial charge in [0.25, 0.3) is 11.6 Å². The van der Waals surface area contributed by atoms with Crippen molar-refractivity contribution in [3.05, 3.63) is 62.1 Å². The lowest BCUT2D eigenvalue weighted by Gasteiger charge is -2.28. The van der Waals surface area contributed by atoms with E-state index in [4.69, 9.17) is 0 Å². The van der Waals surface area contributed by atoms with E-state index in [0.717, 1.165) is 25.9 Å². The lowest BCUT2D eigenvalue weighted by Crippen LogP contribution is -2.51. The van der Waals surface area contributed by atoms with Gasteiger partial charge in [-0.3, -0.25) is 24.6 Å². The van der Waals surface area contributed by atoms with E-state index in [1.54, 1.807) is 13.0 Å². The molecule has 12 heteroatoms.